The van der Waals surface area contributed by atoms with Crippen molar-refractivity contribution in [3.63, 3.8) is 0 Å². The normalized spacial score (nSPS) is 17.8. The van der Waals surface area contributed by atoms with Crippen molar-refractivity contribution in [2.24, 2.45) is 0 Å². The molecule has 2 rings (SSSR count). The van der Waals surface area contributed by atoms with Crippen LogP contribution in [0.3, 0.4) is 0 Å². The van der Waals surface area contributed by atoms with Crippen LogP contribution in [-0.2, 0) is 20.6 Å². The van der Waals surface area contributed by atoms with Gasteiger partial charge in [0.05, 0.1) is 11.2 Å². The van der Waals surface area contributed by atoms with Crippen molar-refractivity contribution >= 4 is 31.2 Å². The van der Waals surface area contributed by atoms with Gasteiger partial charge in [0.25, 0.3) is 0 Å². The van der Waals surface area contributed by atoms with Crippen LogP contribution in [0.15, 0.2) is 30.3 Å². The van der Waals surface area contributed by atoms with E-state index in [1.54, 1.807) is 4.90 Å². The summed E-state index contributed by atoms with van der Waals surface area (Å²) in [6.07, 6.45) is 3.07. The largest absolute Gasteiger partial charge is 0.354 e. The van der Waals surface area contributed by atoms with Gasteiger partial charge in [-0.05, 0) is 31.2 Å². The Kier molecular flexibility index (Phi) is 8.15. The number of hydrogen-bond donors (Lipinski definition) is 3. The Bertz CT molecular complexity index is 652. The molecule has 1 aromatic carbocycles. The summed E-state index contributed by atoms with van der Waals surface area (Å²) in [5, 5.41) is 2.90. The van der Waals surface area contributed by atoms with Crippen molar-refractivity contribution in [3.05, 3.63) is 35.9 Å². The Morgan fingerprint density at radius 3 is 2.65 bits per heavy atom. The van der Waals surface area contributed by atoms with Crippen molar-refractivity contribution < 1.29 is 23.9 Å². The number of rotatable bonds is 8. The van der Waals surface area contributed by atoms with Crippen LogP contribution >= 0.6 is 19.4 Å². The minimum Gasteiger partial charge on any atom is -0.354 e. The molecule has 1 aromatic rings. The van der Waals surface area contributed by atoms with Gasteiger partial charge < -0.3 is 20.0 Å². The summed E-state index contributed by atoms with van der Waals surface area (Å²) in [5.74, 6) is -0.431. The van der Waals surface area contributed by atoms with Gasteiger partial charge in [-0.2, -0.15) is 0 Å². The fourth-order valence-electron chi connectivity index (χ4n) is 2.93. The van der Waals surface area contributed by atoms with Crippen molar-refractivity contribution in [1.82, 2.24) is 10.2 Å². The first kappa shape index (κ1) is 21.0. The van der Waals surface area contributed by atoms with Crippen LogP contribution in [0, 0.1) is 0 Å². The van der Waals surface area contributed by atoms with Gasteiger partial charge in [-0.25, -0.2) is 0 Å². The summed E-state index contributed by atoms with van der Waals surface area (Å²) in [5.41, 5.74) is 0.749. The van der Waals surface area contributed by atoms with E-state index in [9.17, 15) is 14.2 Å². The van der Waals surface area contributed by atoms with Gasteiger partial charge in [0.2, 0.25) is 11.8 Å². The number of nitrogens with one attached hydrogen (secondary N) is 1. The Morgan fingerprint density at radius 2 is 1.96 bits per heavy atom. The van der Waals surface area contributed by atoms with E-state index in [1.807, 2.05) is 30.3 Å². The van der Waals surface area contributed by atoms with Crippen molar-refractivity contribution in [3.8, 4) is 0 Å². The van der Waals surface area contributed by atoms with Crippen molar-refractivity contribution in [2.75, 3.05) is 24.3 Å². The first-order valence-corrected chi connectivity index (χ1v) is 11.6. The van der Waals surface area contributed by atoms with Gasteiger partial charge in [0.15, 0.2) is 0 Å². The van der Waals surface area contributed by atoms with Crippen LogP contribution in [0.1, 0.15) is 24.8 Å². The molecule has 1 aliphatic heterocycles. The summed E-state index contributed by atoms with van der Waals surface area (Å²) in [6.45, 7) is 1.01. The molecule has 0 spiro atoms. The number of nitrogens with zero attached hydrogens (tertiary/aromatic N) is 1. The van der Waals surface area contributed by atoms with Gasteiger partial charge in [-0.15, -0.1) is 11.8 Å². The van der Waals surface area contributed by atoms with E-state index >= 15 is 0 Å². The lowest BCUT2D eigenvalue weighted by Gasteiger charge is -2.34. The highest BCUT2D eigenvalue weighted by Gasteiger charge is 2.31. The summed E-state index contributed by atoms with van der Waals surface area (Å²) in [6, 6.07) is 9.35. The SMILES string of the molecule is O=C(NCCc1ccccc1)[C@@H]1CCCCN1C(=O)CSCP(=O)(O)O. The monoisotopic (exact) mass is 400 g/mol. The molecule has 1 heterocycles. The summed E-state index contributed by atoms with van der Waals surface area (Å²) >= 11 is 0.905. The van der Waals surface area contributed by atoms with Gasteiger partial charge >= 0.3 is 7.60 Å². The van der Waals surface area contributed by atoms with Gasteiger partial charge in [0.1, 0.15) is 6.04 Å². The molecule has 0 saturated carbocycles. The lowest BCUT2D eigenvalue weighted by Crippen LogP contribution is -2.52. The number of thioether (sulfide) groups is 1. The van der Waals surface area contributed by atoms with Crippen LogP contribution in [0.2, 0.25) is 0 Å². The maximum Gasteiger partial charge on any atom is 0.335 e. The molecule has 0 radical (unpaired) electrons. The van der Waals surface area contributed by atoms with Crippen LogP contribution in [-0.4, -0.2) is 56.9 Å². The second-order valence-electron chi connectivity index (χ2n) is 6.27. The fraction of sp³-hybridized carbons (Fsp3) is 0.529. The second kappa shape index (κ2) is 10.1. The summed E-state index contributed by atoms with van der Waals surface area (Å²) in [4.78, 5) is 44.2. The molecule has 2 amide bonds. The van der Waals surface area contributed by atoms with Gasteiger partial charge in [-0.1, -0.05) is 30.3 Å². The van der Waals surface area contributed by atoms with Crippen LogP contribution in [0.25, 0.3) is 0 Å². The molecular weight excluding hydrogens is 375 g/mol. The fourth-order valence-corrected chi connectivity index (χ4v) is 4.59. The molecule has 9 heteroatoms. The average Bonchev–Trinajstić information content (AvgIpc) is 2.61. The molecule has 3 N–H and O–H groups in total. The van der Waals surface area contributed by atoms with E-state index in [2.05, 4.69) is 5.32 Å². The van der Waals surface area contributed by atoms with E-state index in [0.717, 1.165) is 36.6 Å². The van der Waals surface area contributed by atoms with Crippen molar-refractivity contribution in [1.29, 1.82) is 0 Å². The van der Waals surface area contributed by atoms with E-state index < -0.39 is 13.6 Å². The quantitative estimate of drug-likeness (QED) is 0.572. The molecule has 0 unspecified atom stereocenters. The minimum atomic E-state index is -4.13. The van der Waals surface area contributed by atoms with Crippen LogP contribution in [0.5, 0.6) is 0 Å². The average molecular weight is 400 g/mol. The summed E-state index contributed by atoms with van der Waals surface area (Å²) < 4.78 is 10.9. The highest BCUT2D eigenvalue weighted by atomic mass is 32.2. The number of carbonyl (C=O) groups is 2. The third-order valence-corrected chi connectivity index (χ3v) is 6.69. The molecule has 1 atom stereocenters. The highest BCUT2D eigenvalue weighted by Crippen LogP contribution is 2.38. The maximum atomic E-state index is 12.5. The lowest BCUT2D eigenvalue weighted by atomic mass is 10.0. The molecule has 1 fully saturated rings. The summed E-state index contributed by atoms with van der Waals surface area (Å²) in [7, 11) is -4.13. The molecular formula is C17H25N2O5PS. The maximum absolute atomic E-state index is 12.5. The highest BCUT2D eigenvalue weighted by molar-refractivity contribution is 8.04. The topological polar surface area (TPSA) is 107 Å². The zero-order valence-corrected chi connectivity index (χ0v) is 16.3. The van der Waals surface area contributed by atoms with Gasteiger partial charge in [-0.3, -0.25) is 14.2 Å². The zero-order valence-electron chi connectivity index (χ0n) is 14.5. The number of likely N-dealkylation sites (tertiary alicyclic amines) is 1. The Labute approximate surface area is 157 Å². The van der Waals surface area contributed by atoms with Crippen LogP contribution in [0.4, 0.5) is 0 Å². The first-order chi connectivity index (χ1) is 12.4. The molecule has 0 aliphatic carbocycles. The van der Waals surface area contributed by atoms with E-state index in [0.29, 0.717) is 19.5 Å². The van der Waals surface area contributed by atoms with Crippen molar-refractivity contribution in [2.45, 2.75) is 31.7 Å². The predicted molar refractivity (Wildman–Crippen MR) is 102 cm³/mol. The Balaban J connectivity index is 1.83. The predicted octanol–water partition coefficient (Wildman–Crippen LogP) is 1.59. The number of piperidine rings is 1. The number of benzene rings is 1. The van der Waals surface area contributed by atoms with E-state index in [4.69, 9.17) is 9.79 Å². The van der Waals surface area contributed by atoms with E-state index in [-0.39, 0.29) is 23.1 Å². The zero-order chi connectivity index (χ0) is 19.0. The standard InChI is InChI=1S/C17H25N2O5PS/c20-16(12-26-13-25(22,23)24)19-11-5-4-8-15(19)17(21)18-10-9-14-6-2-1-3-7-14/h1-3,6-7,15H,4-5,8-13H2,(H,18,21)(H2,22,23,24)/t15-/m0/s1. The molecule has 144 valence electrons. The minimum absolute atomic E-state index is 0.0289. The number of hydrogen-bond acceptors (Lipinski definition) is 4. The molecule has 7 nitrogen and oxygen atoms in total. The Hall–Kier alpha value is -1.34. The molecule has 1 saturated heterocycles. The molecule has 0 bridgehead atoms. The molecule has 0 aromatic heterocycles. The first-order valence-electron chi connectivity index (χ1n) is 8.60. The lowest BCUT2D eigenvalue weighted by molar-refractivity contribution is -0.140. The van der Waals surface area contributed by atoms with E-state index in [1.165, 1.54) is 0 Å². The Morgan fingerprint density at radius 1 is 1.23 bits per heavy atom. The molecule has 26 heavy (non-hydrogen) atoms. The second-order valence-corrected chi connectivity index (χ2v) is 9.33. The number of carbonyl (C=O) groups excluding carboxylic acids is 2. The molecule has 1 aliphatic rings. The number of amides is 2. The van der Waals surface area contributed by atoms with Crippen LogP contribution < -0.4 is 5.32 Å². The smallest absolute Gasteiger partial charge is 0.335 e. The third-order valence-electron chi connectivity index (χ3n) is 4.17. The third kappa shape index (κ3) is 7.11. The van der Waals surface area contributed by atoms with Gasteiger partial charge in [0, 0.05) is 13.1 Å².